The van der Waals surface area contributed by atoms with Crippen molar-refractivity contribution in [2.75, 3.05) is 32.1 Å². The second-order valence-electron chi connectivity index (χ2n) is 12.2. The van der Waals surface area contributed by atoms with E-state index < -0.39 is 0 Å². The molecule has 8 nitrogen and oxygen atoms in total. The third kappa shape index (κ3) is 4.54. The van der Waals surface area contributed by atoms with Gasteiger partial charge in [0.15, 0.2) is 5.65 Å². The molecule has 1 aliphatic heterocycles. The predicted octanol–water partition coefficient (Wildman–Crippen LogP) is 4.50. The standard InChI is InChI=1S/C31H39N7O/c1-21-8-7-11-37(17-21)18-23-12-27(35(3)4)28-32-16-26(29(39)38(28)19-23)24-9-6-10-25(13-24)31(14-22(2)15-31)30-34-33-20-36(30)5/h6,9-10,12-13,16,19-22H,7-8,11,14-15,17-18H2,1-5H3/t21-,22?,31?/m0/s1. The highest BCUT2D eigenvalue weighted by atomic mass is 16.1. The Morgan fingerprint density at radius 3 is 2.64 bits per heavy atom. The number of nitrogens with zero attached hydrogens (tertiary/aromatic N) is 7. The fourth-order valence-electron chi connectivity index (χ4n) is 6.90. The summed E-state index contributed by atoms with van der Waals surface area (Å²) in [6.07, 6.45) is 10.1. The van der Waals surface area contributed by atoms with Gasteiger partial charge in [-0.2, -0.15) is 0 Å². The Hall–Kier alpha value is -3.52. The molecule has 1 aromatic carbocycles. The van der Waals surface area contributed by atoms with Crippen LogP contribution in [0.1, 0.15) is 56.5 Å². The Morgan fingerprint density at radius 2 is 1.95 bits per heavy atom. The van der Waals surface area contributed by atoms with Crippen molar-refractivity contribution in [3.8, 4) is 11.1 Å². The monoisotopic (exact) mass is 525 g/mol. The molecule has 4 heterocycles. The zero-order valence-electron chi connectivity index (χ0n) is 23.8. The molecule has 1 saturated heterocycles. The average Bonchev–Trinajstić information content (AvgIpc) is 3.32. The third-order valence-corrected chi connectivity index (χ3v) is 8.73. The highest BCUT2D eigenvalue weighted by Crippen LogP contribution is 2.51. The molecule has 0 amide bonds. The van der Waals surface area contributed by atoms with Crippen LogP contribution in [0.25, 0.3) is 16.8 Å². The van der Waals surface area contributed by atoms with Crippen LogP contribution in [0, 0.1) is 11.8 Å². The minimum absolute atomic E-state index is 0.0381. The van der Waals surface area contributed by atoms with E-state index in [-0.39, 0.29) is 11.0 Å². The Morgan fingerprint density at radius 1 is 1.13 bits per heavy atom. The fourth-order valence-corrected chi connectivity index (χ4v) is 6.90. The molecule has 8 heteroatoms. The van der Waals surface area contributed by atoms with Gasteiger partial charge in [-0.25, -0.2) is 4.98 Å². The molecular weight excluding hydrogens is 486 g/mol. The summed E-state index contributed by atoms with van der Waals surface area (Å²) in [6.45, 7) is 7.65. The first kappa shape index (κ1) is 25.7. The van der Waals surface area contributed by atoms with Gasteiger partial charge in [0, 0.05) is 46.6 Å². The number of fused-ring (bicyclic) bond motifs is 1. The van der Waals surface area contributed by atoms with Gasteiger partial charge < -0.3 is 9.47 Å². The first-order valence-corrected chi connectivity index (χ1v) is 14.1. The zero-order valence-corrected chi connectivity index (χ0v) is 23.8. The van der Waals surface area contributed by atoms with E-state index in [1.807, 2.05) is 42.9 Å². The molecule has 0 bridgehead atoms. The van der Waals surface area contributed by atoms with Gasteiger partial charge in [0.1, 0.15) is 12.2 Å². The van der Waals surface area contributed by atoms with Crippen molar-refractivity contribution in [3.63, 3.8) is 0 Å². The van der Waals surface area contributed by atoms with Crippen LogP contribution in [0.2, 0.25) is 0 Å². The molecular formula is C31H39N7O. The lowest BCUT2D eigenvalue weighted by Crippen LogP contribution is -2.43. The molecule has 0 spiro atoms. The second-order valence-corrected chi connectivity index (χ2v) is 12.2. The first-order chi connectivity index (χ1) is 18.7. The summed E-state index contributed by atoms with van der Waals surface area (Å²) < 4.78 is 3.78. The van der Waals surface area contributed by atoms with Crippen LogP contribution in [0.4, 0.5) is 5.69 Å². The summed E-state index contributed by atoms with van der Waals surface area (Å²) in [5.74, 6) is 2.31. The highest BCUT2D eigenvalue weighted by molar-refractivity contribution is 5.72. The molecule has 3 aromatic heterocycles. The Bertz CT molecular complexity index is 1560. The van der Waals surface area contributed by atoms with E-state index in [1.165, 1.54) is 18.4 Å². The zero-order chi connectivity index (χ0) is 27.3. The number of piperidine rings is 1. The van der Waals surface area contributed by atoms with Crippen molar-refractivity contribution in [2.24, 2.45) is 18.9 Å². The van der Waals surface area contributed by atoms with Crippen molar-refractivity contribution in [2.45, 2.75) is 51.5 Å². The maximum atomic E-state index is 14.0. The second kappa shape index (κ2) is 9.90. The molecule has 39 heavy (non-hydrogen) atoms. The maximum absolute atomic E-state index is 14.0. The van der Waals surface area contributed by atoms with Crippen molar-refractivity contribution in [1.29, 1.82) is 0 Å². The summed E-state index contributed by atoms with van der Waals surface area (Å²) in [6, 6.07) is 10.6. The minimum Gasteiger partial charge on any atom is -0.375 e. The molecule has 0 radical (unpaired) electrons. The predicted molar refractivity (Wildman–Crippen MR) is 155 cm³/mol. The quantitative estimate of drug-likeness (QED) is 0.369. The van der Waals surface area contributed by atoms with Crippen LogP contribution in [0.5, 0.6) is 0 Å². The molecule has 1 atom stereocenters. The summed E-state index contributed by atoms with van der Waals surface area (Å²) in [7, 11) is 6.03. The van der Waals surface area contributed by atoms with Gasteiger partial charge in [-0.3, -0.25) is 14.1 Å². The van der Waals surface area contributed by atoms with Gasteiger partial charge >= 0.3 is 0 Å². The lowest BCUT2D eigenvalue weighted by atomic mass is 9.58. The molecule has 0 N–H and O–H groups in total. The summed E-state index contributed by atoms with van der Waals surface area (Å²) in [5, 5.41) is 8.66. The van der Waals surface area contributed by atoms with Gasteiger partial charge in [0.2, 0.25) is 0 Å². The molecule has 2 fully saturated rings. The molecule has 4 aromatic rings. The lowest BCUT2D eigenvalue weighted by molar-refractivity contribution is 0.176. The molecule has 1 saturated carbocycles. The van der Waals surface area contributed by atoms with E-state index in [0.29, 0.717) is 23.0 Å². The van der Waals surface area contributed by atoms with Gasteiger partial charge in [-0.1, -0.05) is 32.0 Å². The lowest BCUT2D eigenvalue weighted by Gasteiger charge is -2.46. The smallest absolute Gasteiger partial charge is 0.265 e. The number of pyridine rings is 1. The van der Waals surface area contributed by atoms with Crippen molar-refractivity contribution in [1.82, 2.24) is 29.0 Å². The number of rotatable bonds is 6. The van der Waals surface area contributed by atoms with Crippen LogP contribution in [-0.2, 0) is 19.0 Å². The van der Waals surface area contributed by atoms with Crippen molar-refractivity contribution >= 4 is 11.3 Å². The number of benzene rings is 1. The average molecular weight is 526 g/mol. The van der Waals surface area contributed by atoms with E-state index >= 15 is 0 Å². The number of hydrogen-bond acceptors (Lipinski definition) is 6. The van der Waals surface area contributed by atoms with Crippen molar-refractivity contribution in [3.05, 3.63) is 76.4 Å². The van der Waals surface area contributed by atoms with Crippen LogP contribution in [0.15, 0.2) is 53.8 Å². The number of aromatic nitrogens is 5. The van der Waals surface area contributed by atoms with Crippen LogP contribution in [0.3, 0.4) is 0 Å². The van der Waals surface area contributed by atoms with Gasteiger partial charge in [-0.05, 0) is 72.9 Å². The van der Waals surface area contributed by atoms with E-state index in [1.54, 1.807) is 16.9 Å². The molecule has 6 rings (SSSR count). The number of likely N-dealkylation sites (tertiary alicyclic amines) is 1. The number of hydrogen-bond donors (Lipinski definition) is 0. The highest BCUT2D eigenvalue weighted by Gasteiger charge is 2.48. The van der Waals surface area contributed by atoms with E-state index in [2.05, 4.69) is 53.2 Å². The SMILES string of the molecule is CC1CC(c2cccc(-c3cnc4c(N(C)C)cc(CN5CCC[C@H](C)C5)cn4c3=O)c2)(c2nncn2C)C1. The molecule has 2 aliphatic rings. The summed E-state index contributed by atoms with van der Waals surface area (Å²) in [5.41, 5.74) is 5.25. The van der Waals surface area contributed by atoms with Gasteiger partial charge in [0.25, 0.3) is 5.56 Å². The van der Waals surface area contributed by atoms with E-state index in [9.17, 15) is 4.79 Å². The summed E-state index contributed by atoms with van der Waals surface area (Å²) in [4.78, 5) is 23.4. The van der Waals surface area contributed by atoms with Crippen LogP contribution in [-0.4, -0.2) is 56.2 Å². The number of aryl methyl sites for hydroxylation is 1. The Kier molecular flexibility index (Phi) is 6.53. The fraction of sp³-hybridized carbons (Fsp3) is 0.484. The summed E-state index contributed by atoms with van der Waals surface area (Å²) >= 11 is 0. The number of anilines is 1. The topological polar surface area (TPSA) is 71.6 Å². The largest absolute Gasteiger partial charge is 0.375 e. The normalized spacial score (nSPS) is 23.6. The van der Waals surface area contributed by atoms with Gasteiger partial charge in [-0.15, -0.1) is 10.2 Å². The van der Waals surface area contributed by atoms with Crippen LogP contribution >= 0.6 is 0 Å². The first-order valence-electron chi connectivity index (χ1n) is 14.1. The minimum atomic E-state index is -0.183. The molecule has 1 aliphatic carbocycles. The Balaban J connectivity index is 1.43. The van der Waals surface area contributed by atoms with E-state index in [4.69, 9.17) is 4.98 Å². The Labute approximate surface area is 230 Å². The van der Waals surface area contributed by atoms with Crippen LogP contribution < -0.4 is 10.5 Å². The van der Waals surface area contributed by atoms with Crippen molar-refractivity contribution < 1.29 is 0 Å². The molecule has 0 unspecified atom stereocenters. The van der Waals surface area contributed by atoms with Gasteiger partial charge in [0.05, 0.1) is 16.7 Å². The molecule has 204 valence electrons. The van der Waals surface area contributed by atoms with E-state index in [0.717, 1.165) is 55.1 Å². The third-order valence-electron chi connectivity index (χ3n) is 8.73. The maximum Gasteiger partial charge on any atom is 0.265 e.